The van der Waals surface area contributed by atoms with Gasteiger partial charge in [0.1, 0.15) is 6.61 Å². The predicted octanol–water partition coefficient (Wildman–Crippen LogP) is 2.73. The summed E-state index contributed by atoms with van der Waals surface area (Å²) in [7, 11) is 3.38. The Labute approximate surface area is 136 Å². The second-order valence-electron chi connectivity index (χ2n) is 5.80. The molecule has 0 radical (unpaired) electrons. The molecule has 1 aromatic heterocycles. The van der Waals surface area contributed by atoms with E-state index in [2.05, 4.69) is 24.0 Å². The highest BCUT2D eigenvalue weighted by molar-refractivity contribution is 5.92. The summed E-state index contributed by atoms with van der Waals surface area (Å²) in [5.41, 5.74) is 1.13. The van der Waals surface area contributed by atoms with Gasteiger partial charge in [-0.05, 0) is 24.1 Å². The van der Waals surface area contributed by atoms with Gasteiger partial charge >= 0.3 is 0 Å². The van der Waals surface area contributed by atoms with Crippen LogP contribution in [0.4, 0.5) is 0 Å². The summed E-state index contributed by atoms with van der Waals surface area (Å²) in [6.45, 7) is 5.12. The topological polar surface area (TPSA) is 67.5 Å². The molecule has 124 valence electrons. The van der Waals surface area contributed by atoms with Gasteiger partial charge in [-0.1, -0.05) is 26.0 Å². The first-order chi connectivity index (χ1) is 11.0. The second-order valence-corrected chi connectivity index (χ2v) is 5.80. The number of nitrogens with one attached hydrogen (secondary N) is 1. The van der Waals surface area contributed by atoms with Gasteiger partial charge in [0.2, 0.25) is 0 Å². The van der Waals surface area contributed by atoms with Crippen LogP contribution in [0.3, 0.4) is 0 Å². The number of benzene rings is 1. The van der Waals surface area contributed by atoms with Crippen molar-refractivity contribution in [2.24, 2.45) is 5.92 Å². The van der Waals surface area contributed by atoms with Gasteiger partial charge in [0.05, 0.1) is 12.8 Å². The van der Waals surface area contributed by atoms with E-state index in [1.54, 1.807) is 25.1 Å². The first-order valence-electron chi connectivity index (χ1n) is 7.56. The number of carbonyl (C=O) groups excluding carboxylic acids is 1. The lowest BCUT2D eigenvalue weighted by atomic mass is 10.2. The Balaban J connectivity index is 1.98. The number of para-hydroxylation sites is 2. The minimum atomic E-state index is -0.0986. The maximum absolute atomic E-state index is 12.3. The molecule has 0 fully saturated rings. The maximum atomic E-state index is 12.3. The van der Waals surface area contributed by atoms with Gasteiger partial charge in [0.25, 0.3) is 5.91 Å². The van der Waals surface area contributed by atoms with Gasteiger partial charge in [0.15, 0.2) is 17.2 Å². The van der Waals surface area contributed by atoms with Gasteiger partial charge in [-0.25, -0.2) is 0 Å². The number of amides is 1. The lowest BCUT2D eigenvalue weighted by molar-refractivity contribution is 0.0773. The van der Waals surface area contributed by atoms with Crippen LogP contribution >= 0.6 is 0 Å². The number of carbonyl (C=O) groups is 1. The number of rotatable bonds is 7. The summed E-state index contributed by atoms with van der Waals surface area (Å²) in [6.07, 6.45) is 0. The Bertz CT molecular complexity index is 652. The zero-order valence-electron chi connectivity index (χ0n) is 14.0. The van der Waals surface area contributed by atoms with Crippen molar-refractivity contribution in [3.05, 3.63) is 41.7 Å². The SMILES string of the molecule is COc1ccccc1OCc1cc(C(=O)N(C)CC(C)C)n[nH]1. The number of nitrogens with zero attached hydrogens (tertiary/aromatic N) is 2. The number of methoxy groups -OCH3 is 1. The number of H-pyrrole nitrogens is 1. The van der Waals surface area contributed by atoms with E-state index in [0.29, 0.717) is 29.7 Å². The predicted molar refractivity (Wildman–Crippen MR) is 87.7 cm³/mol. The minimum absolute atomic E-state index is 0.0986. The third-order valence-corrected chi connectivity index (χ3v) is 3.29. The summed E-state index contributed by atoms with van der Waals surface area (Å²) >= 11 is 0. The molecule has 1 heterocycles. The van der Waals surface area contributed by atoms with E-state index in [0.717, 1.165) is 5.69 Å². The zero-order chi connectivity index (χ0) is 16.8. The molecular weight excluding hydrogens is 294 g/mol. The molecule has 0 aliphatic rings. The Hall–Kier alpha value is -2.50. The quantitative estimate of drug-likeness (QED) is 0.852. The highest BCUT2D eigenvalue weighted by atomic mass is 16.5. The van der Waals surface area contributed by atoms with Gasteiger partial charge < -0.3 is 14.4 Å². The highest BCUT2D eigenvalue weighted by Crippen LogP contribution is 2.26. The largest absolute Gasteiger partial charge is 0.493 e. The summed E-state index contributed by atoms with van der Waals surface area (Å²) < 4.78 is 10.9. The molecule has 2 rings (SSSR count). The minimum Gasteiger partial charge on any atom is -0.493 e. The second kappa shape index (κ2) is 7.67. The van der Waals surface area contributed by atoms with E-state index in [4.69, 9.17) is 9.47 Å². The summed E-state index contributed by atoms with van der Waals surface area (Å²) in [4.78, 5) is 13.9. The maximum Gasteiger partial charge on any atom is 0.274 e. The van der Waals surface area contributed by atoms with Gasteiger partial charge in [0, 0.05) is 13.6 Å². The van der Waals surface area contributed by atoms with Crippen molar-refractivity contribution in [3.63, 3.8) is 0 Å². The third-order valence-electron chi connectivity index (χ3n) is 3.29. The molecule has 23 heavy (non-hydrogen) atoms. The normalized spacial score (nSPS) is 10.7. The van der Waals surface area contributed by atoms with E-state index >= 15 is 0 Å². The zero-order valence-corrected chi connectivity index (χ0v) is 14.0. The molecule has 6 heteroatoms. The van der Waals surface area contributed by atoms with Crippen molar-refractivity contribution >= 4 is 5.91 Å². The van der Waals surface area contributed by atoms with Crippen LogP contribution in [-0.2, 0) is 6.61 Å². The summed E-state index contributed by atoms with van der Waals surface area (Å²) in [6, 6.07) is 9.13. The highest BCUT2D eigenvalue weighted by Gasteiger charge is 2.16. The lowest BCUT2D eigenvalue weighted by Gasteiger charge is -2.17. The first kappa shape index (κ1) is 16.9. The monoisotopic (exact) mass is 317 g/mol. The molecule has 1 aromatic carbocycles. The van der Waals surface area contributed by atoms with Crippen LogP contribution in [0.25, 0.3) is 0 Å². The van der Waals surface area contributed by atoms with Crippen molar-refractivity contribution in [2.75, 3.05) is 20.7 Å². The van der Waals surface area contributed by atoms with E-state index in [1.165, 1.54) is 0 Å². The molecule has 0 aliphatic heterocycles. The van der Waals surface area contributed by atoms with Crippen LogP contribution < -0.4 is 9.47 Å². The number of hydrogen-bond donors (Lipinski definition) is 1. The number of aromatic nitrogens is 2. The molecule has 0 spiro atoms. The Kier molecular flexibility index (Phi) is 5.62. The molecule has 0 saturated heterocycles. The Morgan fingerprint density at radius 1 is 1.30 bits per heavy atom. The summed E-state index contributed by atoms with van der Waals surface area (Å²) in [5.74, 6) is 1.63. The Morgan fingerprint density at radius 3 is 2.65 bits per heavy atom. The first-order valence-corrected chi connectivity index (χ1v) is 7.56. The van der Waals surface area contributed by atoms with Crippen molar-refractivity contribution < 1.29 is 14.3 Å². The lowest BCUT2D eigenvalue weighted by Crippen LogP contribution is -2.30. The van der Waals surface area contributed by atoms with Crippen LogP contribution in [0, 0.1) is 5.92 Å². The van der Waals surface area contributed by atoms with Crippen LogP contribution in [0.2, 0.25) is 0 Å². The van der Waals surface area contributed by atoms with Crippen LogP contribution in [0.15, 0.2) is 30.3 Å². The van der Waals surface area contributed by atoms with Gasteiger partial charge in [-0.15, -0.1) is 0 Å². The van der Waals surface area contributed by atoms with Crippen molar-refractivity contribution in [2.45, 2.75) is 20.5 Å². The molecule has 0 saturated carbocycles. The molecule has 0 bridgehead atoms. The molecule has 6 nitrogen and oxygen atoms in total. The number of ether oxygens (including phenoxy) is 2. The average molecular weight is 317 g/mol. The Morgan fingerprint density at radius 2 is 2.00 bits per heavy atom. The molecular formula is C17H23N3O3. The van der Waals surface area contributed by atoms with Crippen LogP contribution in [-0.4, -0.2) is 41.7 Å². The standard InChI is InChI=1S/C17H23N3O3/c1-12(2)10-20(3)17(21)14-9-13(18-19-14)11-23-16-8-6-5-7-15(16)22-4/h5-9,12H,10-11H2,1-4H3,(H,18,19). The van der Waals surface area contributed by atoms with E-state index in [9.17, 15) is 4.79 Å². The average Bonchev–Trinajstić information content (AvgIpc) is 3.00. The third kappa shape index (κ3) is 4.48. The van der Waals surface area contributed by atoms with Gasteiger partial charge in [-0.3, -0.25) is 9.89 Å². The van der Waals surface area contributed by atoms with E-state index in [-0.39, 0.29) is 12.5 Å². The fraction of sp³-hybridized carbons (Fsp3) is 0.412. The van der Waals surface area contributed by atoms with Crippen molar-refractivity contribution in [3.8, 4) is 11.5 Å². The van der Waals surface area contributed by atoms with Crippen LogP contribution in [0.5, 0.6) is 11.5 Å². The fourth-order valence-corrected chi connectivity index (χ4v) is 2.26. The molecule has 2 aromatic rings. The fourth-order valence-electron chi connectivity index (χ4n) is 2.26. The molecule has 0 unspecified atom stereocenters. The molecule has 0 atom stereocenters. The number of hydrogen-bond acceptors (Lipinski definition) is 4. The van der Waals surface area contributed by atoms with E-state index < -0.39 is 0 Å². The van der Waals surface area contributed by atoms with Crippen molar-refractivity contribution in [1.82, 2.24) is 15.1 Å². The van der Waals surface area contributed by atoms with Crippen molar-refractivity contribution in [1.29, 1.82) is 0 Å². The molecule has 1 N–H and O–H groups in total. The number of aromatic amines is 1. The van der Waals surface area contributed by atoms with Gasteiger partial charge in [-0.2, -0.15) is 5.10 Å². The van der Waals surface area contributed by atoms with Crippen LogP contribution in [0.1, 0.15) is 30.0 Å². The summed E-state index contributed by atoms with van der Waals surface area (Å²) in [5, 5.41) is 6.91. The molecule has 1 amide bonds. The smallest absolute Gasteiger partial charge is 0.274 e. The molecule has 0 aliphatic carbocycles. The van der Waals surface area contributed by atoms with E-state index in [1.807, 2.05) is 24.3 Å².